The number of nitrogens with one attached hydrogen (secondary N) is 2. The Kier molecular flexibility index (Phi) is 2.78. The number of amides is 1. The summed E-state index contributed by atoms with van der Waals surface area (Å²) in [4.78, 5) is 12.2. The number of rotatable bonds is 2. The van der Waals surface area contributed by atoms with Crippen LogP contribution in [0.3, 0.4) is 0 Å². The van der Waals surface area contributed by atoms with Gasteiger partial charge < -0.3 is 20.1 Å². The summed E-state index contributed by atoms with van der Waals surface area (Å²) in [6.45, 7) is 0.233. The lowest BCUT2D eigenvalue weighted by molar-refractivity contribution is -0.116. The molecule has 1 atom stereocenters. The molecule has 2 aliphatic rings. The molecule has 2 N–H and O–H groups in total. The van der Waals surface area contributed by atoms with Gasteiger partial charge in [-0.3, -0.25) is 4.79 Å². The molecule has 2 aliphatic heterocycles. The summed E-state index contributed by atoms with van der Waals surface area (Å²) >= 11 is 3.50. The molecule has 21 heavy (non-hydrogen) atoms. The maximum absolute atomic E-state index is 12.2. The summed E-state index contributed by atoms with van der Waals surface area (Å²) < 4.78 is 11.5. The molecule has 2 aromatic carbocycles. The summed E-state index contributed by atoms with van der Waals surface area (Å²) in [5, 5.41) is 6.11. The van der Waals surface area contributed by atoms with Crippen molar-refractivity contribution in [3.63, 3.8) is 0 Å². The number of carbonyl (C=O) groups is 1. The van der Waals surface area contributed by atoms with Gasteiger partial charge in [0.25, 0.3) is 5.91 Å². The average molecular weight is 347 g/mol. The zero-order chi connectivity index (χ0) is 14.4. The van der Waals surface area contributed by atoms with Gasteiger partial charge in [0.15, 0.2) is 11.5 Å². The molecule has 5 nitrogen and oxygen atoms in total. The van der Waals surface area contributed by atoms with Gasteiger partial charge in [-0.25, -0.2) is 0 Å². The first kappa shape index (κ1) is 12.5. The molecule has 106 valence electrons. The highest BCUT2D eigenvalue weighted by atomic mass is 79.9. The quantitative estimate of drug-likeness (QED) is 0.875. The Hall–Kier alpha value is -2.21. The molecule has 1 unspecified atom stereocenters. The number of ether oxygens (including phenoxy) is 2. The molecule has 2 aromatic rings. The molecule has 2 heterocycles. The Labute approximate surface area is 129 Å². The van der Waals surface area contributed by atoms with Gasteiger partial charge in [-0.2, -0.15) is 0 Å². The second-order valence-corrected chi connectivity index (χ2v) is 5.69. The maximum Gasteiger partial charge on any atom is 0.251 e. The van der Waals surface area contributed by atoms with E-state index in [9.17, 15) is 4.79 Å². The molecular weight excluding hydrogens is 336 g/mol. The standard InChI is InChI=1S/C15H11BrN2O3/c16-9-2-1-3-10-13(9)14(15(19)18-10)17-8-4-5-11-12(6-8)21-7-20-11/h1-6,14,17H,7H2,(H,18,19). The van der Waals surface area contributed by atoms with E-state index in [-0.39, 0.29) is 12.7 Å². The van der Waals surface area contributed by atoms with E-state index in [0.29, 0.717) is 5.75 Å². The normalized spacial score (nSPS) is 18.3. The molecule has 0 radical (unpaired) electrons. The lowest BCUT2D eigenvalue weighted by Crippen LogP contribution is -2.19. The topological polar surface area (TPSA) is 59.6 Å². The smallest absolute Gasteiger partial charge is 0.251 e. The lowest BCUT2D eigenvalue weighted by atomic mass is 10.1. The van der Waals surface area contributed by atoms with Crippen LogP contribution in [0.4, 0.5) is 11.4 Å². The van der Waals surface area contributed by atoms with Crippen LogP contribution in [0.5, 0.6) is 11.5 Å². The van der Waals surface area contributed by atoms with Gasteiger partial charge in [0.05, 0.1) is 0 Å². The number of halogens is 1. The first-order valence-electron chi connectivity index (χ1n) is 6.48. The molecule has 4 rings (SSSR count). The van der Waals surface area contributed by atoms with Crippen LogP contribution in [0.15, 0.2) is 40.9 Å². The van der Waals surface area contributed by atoms with Crippen LogP contribution in [-0.2, 0) is 4.79 Å². The van der Waals surface area contributed by atoms with Crippen molar-refractivity contribution < 1.29 is 14.3 Å². The molecule has 0 spiro atoms. The van der Waals surface area contributed by atoms with E-state index in [2.05, 4.69) is 26.6 Å². The molecular formula is C15H11BrN2O3. The summed E-state index contributed by atoms with van der Waals surface area (Å²) in [5.74, 6) is 1.33. The van der Waals surface area contributed by atoms with Gasteiger partial charge in [0, 0.05) is 27.5 Å². The highest BCUT2D eigenvalue weighted by molar-refractivity contribution is 9.10. The van der Waals surface area contributed by atoms with E-state index < -0.39 is 6.04 Å². The van der Waals surface area contributed by atoms with Gasteiger partial charge in [-0.1, -0.05) is 22.0 Å². The predicted octanol–water partition coefficient (Wildman–Crippen LogP) is 3.28. The molecule has 0 aromatic heterocycles. The largest absolute Gasteiger partial charge is 0.454 e. The summed E-state index contributed by atoms with van der Waals surface area (Å²) in [6.07, 6.45) is 0. The lowest BCUT2D eigenvalue weighted by Gasteiger charge is -2.14. The van der Waals surface area contributed by atoms with Crippen LogP contribution in [0, 0.1) is 0 Å². The zero-order valence-electron chi connectivity index (χ0n) is 10.9. The minimum atomic E-state index is -0.434. The number of hydrogen-bond donors (Lipinski definition) is 2. The zero-order valence-corrected chi connectivity index (χ0v) is 12.4. The van der Waals surface area contributed by atoms with Crippen molar-refractivity contribution in [1.82, 2.24) is 0 Å². The van der Waals surface area contributed by atoms with Crippen LogP contribution in [0.1, 0.15) is 11.6 Å². The van der Waals surface area contributed by atoms with Crippen molar-refractivity contribution in [3.8, 4) is 11.5 Å². The van der Waals surface area contributed by atoms with Gasteiger partial charge in [-0.05, 0) is 24.3 Å². The molecule has 1 amide bonds. The van der Waals surface area contributed by atoms with Crippen molar-refractivity contribution in [2.45, 2.75) is 6.04 Å². The molecule has 0 saturated heterocycles. The Balaban J connectivity index is 1.68. The number of fused-ring (bicyclic) bond motifs is 2. The van der Waals surface area contributed by atoms with Crippen LogP contribution in [-0.4, -0.2) is 12.7 Å². The number of benzene rings is 2. The van der Waals surface area contributed by atoms with Gasteiger partial charge in [0.2, 0.25) is 6.79 Å². The van der Waals surface area contributed by atoms with Crippen molar-refractivity contribution >= 4 is 33.2 Å². The Morgan fingerprint density at radius 2 is 2.05 bits per heavy atom. The van der Waals surface area contributed by atoms with Crippen molar-refractivity contribution in [2.24, 2.45) is 0 Å². The van der Waals surface area contributed by atoms with Crippen molar-refractivity contribution in [2.75, 3.05) is 17.4 Å². The van der Waals surface area contributed by atoms with Gasteiger partial charge in [-0.15, -0.1) is 0 Å². The van der Waals surface area contributed by atoms with E-state index in [1.165, 1.54) is 0 Å². The van der Waals surface area contributed by atoms with Crippen molar-refractivity contribution in [1.29, 1.82) is 0 Å². The van der Waals surface area contributed by atoms with Crippen LogP contribution < -0.4 is 20.1 Å². The number of hydrogen-bond acceptors (Lipinski definition) is 4. The molecule has 0 bridgehead atoms. The second kappa shape index (κ2) is 4.66. The third kappa shape index (κ3) is 2.03. The average Bonchev–Trinajstić information content (AvgIpc) is 3.04. The van der Waals surface area contributed by atoms with E-state index in [1.54, 1.807) is 0 Å². The fraction of sp³-hybridized carbons (Fsp3) is 0.133. The minimum absolute atomic E-state index is 0.0745. The maximum atomic E-state index is 12.2. The summed E-state index contributed by atoms with van der Waals surface area (Å²) in [5.41, 5.74) is 2.55. The Morgan fingerprint density at radius 3 is 2.95 bits per heavy atom. The first-order chi connectivity index (χ1) is 10.2. The van der Waals surface area contributed by atoms with Crippen LogP contribution in [0.2, 0.25) is 0 Å². The molecule has 6 heteroatoms. The van der Waals surface area contributed by atoms with Crippen LogP contribution in [0.25, 0.3) is 0 Å². The Morgan fingerprint density at radius 1 is 1.19 bits per heavy atom. The summed E-state index contributed by atoms with van der Waals surface area (Å²) in [6, 6.07) is 10.8. The van der Waals surface area contributed by atoms with E-state index in [4.69, 9.17) is 9.47 Å². The summed E-state index contributed by atoms with van der Waals surface area (Å²) in [7, 11) is 0. The SMILES string of the molecule is O=C1Nc2cccc(Br)c2C1Nc1ccc2c(c1)OCO2. The van der Waals surface area contributed by atoms with E-state index >= 15 is 0 Å². The fourth-order valence-corrected chi connectivity index (χ4v) is 3.16. The second-order valence-electron chi connectivity index (χ2n) is 4.84. The van der Waals surface area contributed by atoms with E-state index in [0.717, 1.165) is 27.2 Å². The highest BCUT2D eigenvalue weighted by Gasteiger charge is 2.32. The predicted molar refractivity (Wildman–Crippen MR) is 81.7 cm³/mol. The third-order valence-electron chi connectivity index (χ3n) is 3.55. The molecule has 0 aliphatic carbocycles. The Bertz CT molecular complexity index is 748. The third-order valence-corrected chi connectivity index (χ3v) is 4.24. The van der Waals surface area contributed by atoms with E-state index in [1.807, 2.05) is 36.4 Å². The highest BCUT2D eigenvalue weighted by Crippen LogP contribution is 2.40. The van der Waals surface area contributed by atoms with Crippen LogP contribution >= 0.6 is 15.9 Å². The molecule has 0 saturated carbocycles. The van der Waals surface area contributed by atoms with Crippen molar-refractivity contribution in [3.05, 3.63) is 46.4 Å². The van der Waals surface area contributed by atoms with Gasteiger partial charge >= 0.3 is 0 Å². The fourth-order valence-electron chi connectivity index (χ4n) is 2.57. The number of anilines is 2. The molecule has 0 fully saturated rings. The first-order valence-corrected chi connectivity index (χ1v) is 7.27. The van der Waals surface area contributed by atoms with Gasteiger partial charge in [0.1, 0.15) is 6.04 Å². The minimum Gasteiger partial charge on any atom is -0.454 e. The monoisotopic (exact) mass is 346 g/mol. The number of carbonyl (C=O) groups excluding carboxylic acids is 1.